The number of benzene rings is 1. The molecule has 0 unspecified atom stereocenters. The summed E-state index contributed by atoms with van der Waals surface area (Å²) in [6, 6.07) is 7.81. The van der Waals surface area contributed by atoms with Crippen molar-refractivity contribution < 1.29 is 13.2 Å². The first-order chi connectivity index (χ1) is 9.42. The monoisotopic (exact) mass is 296 g/mol. The fourth-order valence-corrected chi connectivity index (χ4v) is 3.12. The topological polar surface area (TPSA) is 57.7 Å². The lowest BCUT2D eigenvalue weighted by Crippen LogP contribution is -2.37. The van der Waals surface area contributed by atoms with Crippen LogP contribution in [-0.2, 0) is 21.2 Å². The third-order valence-electron chi connectivity index (χ3n) is 3.54. The molecule has 1 aromatic rings. The second kappa shape index (κ2) is 5.93. The molecule has 0 saturated heterocycles. The van der Waals surface area contributed by atoms with Crippen molar-refractivity contribution in [1.82, 2.24) is 4.31 Å². The molecule has 1 aliphatic rings. The van der Waals surface area contributed by atoms with Crippen LogP contribution >= 0.6 is 0 Å². The van der Waals surface area contributed by atoms with E-state index in [-0.39, 0.29) is 18.1 Å². The molecule has 0 saturated carbocycles. The van der Waals surface area contributed by atoms with E-state index >= 15 is 0 Å². The van der Waals surface area contributed by atoms with Crippen molar-refractivity contribution in [3.63, 3.8) is 0 Å². The average Bonchev–Trinajstić information content (AvgIpc) is 2.44. The van der Waals surface area contributed by atoms with Gasteiger partial charge in [-0.3, -0.25) is 4.79 Å². The summed E-state index contributed by atoms with van der Waals surface area (Å²) in [5.41, 5.74) is 2.08. The standard InChI is InChI=1S/C14H20N2O3S/c1-15(2)20(18,19)11-9-14(17)16-10-5-7-12-6-3-4-8-13(12)16/h3-4,6,8H,5,7,9-11H2,1-2H3. The Balaban J connectivity index is 2.08. The summed E-state index contributed by atoms with van der Waals surface area (Å²) in [7, 11) is -0.359. The first-order valence-electron chi connectivity index (χ1n) is 6.70. The molecular weight excluding hydrogens is 276 g/mol. The lowest BCUT2D eigenvalue weighted by molar-refractivity contribution is -0.118. The number of aryl methyl sites for hydroxylation is 1. The molecule has 110 valence electrons. The average molecular weight is 296 g/mol. The van der Waals surface area contributed by atoms with Crippen molar-refractivity contribution in [2.24, 2.45) is 0 Å². The summed E-state index contributed by atoms with van der Waals surface area (Å²) in [6.45, 7) is 0.665. The Morgan fingerprint density at radius 2 is 2.00 bits per heavy atom. The number of rotatable bonds is 4. The Labute approximate surface area is 120 Å². The van der Waals surface area contributed by atoms with Gasteiger partial charge in [-0.25, -0.2) is 12.7 Å². The number of carbonyl (C=O) groups excluding carboxylic acids is 1. The van der Waals surface area contributed by atoms with Gasteiger partial charge in [0.1, 0.15) is 0 Å². The van der Waals surface area contributed by atoms with Crippen molar-refractivity contribution in [2.75, 3.05) is 31.3 Å². The molecule has 0 aromatic heterocycles. The highest BCUT2D eigenvalue weighted by Crippen LogP contribution is 2.27. The van der Waals surface area contributed by atoms with Crippen molar-refractivity contribution in [2.45, 2.75) is 19.3 Å². The van der Waals surface area contributed by atoms with Gasteiger partial charge in [-0.2, -0.15) is 0 Å². The second-order valence-corrected chi connectivity index (χ2v) is 7.43. The van der Waals surface area contributed by atoms with E-state index in [0.717, 1.165) is 28.4 Å². The smallest absolute Gasteiger partial charge is 0.228 e. The van der Waals surface area contributed by atoms with E-state index in [1.807, 2.05) is 24.3 Å². The number of hydrogen-bond donors (Lipinski definition) is 0. The molecule has 0 fully saturated rings. The minimum absolute atomic E-state index is 0.0227. The van der Waals surface area contributed by atoms with Crippen LogP contribution in [0.2, 0.25) is 0 Å². The van der Waals surface area contributed by atoms with Gasteiger partial charge in [0.25, 0.3) is 0 Å². The van der Waals surface area contributed by atoms with Gasteiger partial charge in [-0.05, 0) is 24.5 Å². The zero-order valence-corrected chi connectivity index (χ0v) is 12.7. The quantitative estimate of drug-likeness (QED) is 0.840. The van der Waals surface area contributed by atoms with E-state index in [0.29, 0.717) is 6.54 Å². The van der Waals surface area contributed by atoms with E-state index in [1.54, 1.807) is 4.90 Å². The van der Waals surface area contributed by atoms with Crippen LogP contribution in [0.3, 0.4) is 0 Å². The maximum absolute atomic E-state index is 12.3. The third-order valence-corrected chi connectivity index (χ3v) is 5.37. The summed E-state index contributed by atoms with van der Waals surface area (Å²) in [5, 5.41) is 0. The third kappa shape index (κ3) is 3.19. The molecule has 0 radical (unpaired) electrons. The maximum atomic E-state index is 12.3. The molecule has 0 spiro atoms. The van der Waals surface area contributed by atoms with Crippen LogP contribution < -0.4 is 4.90 Å². The van der Waals surface area contributed by atoms with Gasteiger partial charge < -0.3 is 4.90 Å². The molecule has 1 amide bonds. The van der Waals surface area contributed by atoms with Crippen molar-refractivity contribution in [3.8, 4) is 0 Å². The molecule has 0 N–H and O–H groups in total. The fourth-order valence-electron chi connectivity index (χ4n) is 2.33. The van der Waals surface area contributed by atoms with Crippen LogP contribution in [0, 0.1) is 0 Å². The van der Waals surface area contributed by atoms with Crippen LogP contribution in [0.1, 0.15) is 18.4 Å². The van der Waals surface area contributed by atoms with Gasteiger partial charge in [0.15, 0.2) is 0 Å². The molecule has 0 bridgehead atoms. The SMILES string of the molecule is CN(C)S(=O)(=O)CCC(=O)N1CCCc2ccccc21. The van der Waals surface area contributed by atoms with Crippen molar-refractivity contribution in [1.29, 1.82) is 0 Å². The highest BCUT2D eigenvalue weighted by molar-refractivity contribution is 7.89. The highest BCUT2D eigenvalue weighted by atomic mass is 32.2. The number of para-hydroxylation sites is 1. The predicted molar refractivity (Wildman–Crippen MR) is 79.2 cm³/mol. The van der Waals surface area contributed by atoms with Crippen LogP contribution in [0.5, 0.6) is 0 Å². The van der Waals surface area contributed by atoms with E-state index < -0.39 is 10.0 Å². The number of anilines is 1. The van der Waals surface area contributed by atoms with Crippen LogP contribution in [-0.4, -0.2) is 45.0 Å². The van der Waals surface area contributed by atoms with Crippen molar-refractivity contribution >= 4 is 21.6 Å². The number of sulfonamides is 1. The zero-order chi connectivity index (χ0) is 14.8. The normalized spacial score (nSPS) is 15.2. The van der Waals surface area contributed by atoms with E-state index in [1.165, 1.54) is 14.1 Å². The van der Waals surface area contributed by atoms with Crippen LogP contribution in [0.4, 0.5) is 5.69 Å². The summed E-state index contributed by atoms with van der Waals surface area (Å²) in [4.78, 5) is 14.0. The van der Waals surface area contributed by atoms with Gasteiger partial charge in [0, 0.05) is 32.7 Å². The molecule has 5 nitrogen and oxygen atoms in total. The Hall–Kier alpha value is -1.40. The Kier molecular flexibility index (Phi) is 4.45. The van der Waals surface area contributed by atoms with Gasteiger partial charge in [0.05, 0.1) is 5.75 Å². The Morgan fingerprint density at radius 1 is 1.30 bits per heavy atom. The highest BCUT2D eigenvalue weighted by Gasteiger charge is 2.24. The summed E-state index contributed by atoms with van der Waals surface area (Å²) < 4.78 is 24.6. The van der Waals surface area contributed by atoms with E-state index in [9.17, 15) is 13.2 Å². The first kappa shape index (κ1) is 15.0. The molecule has 2 rings (SSSR count). The van der Waals surface area contributed by atoms with Crippen molar-refractivity contribution in [3.05, 3.63) is 29.8 Å². The largest absolute Gasteiger partial charge is 0.312 e. The van der Waals surface area contributed by atoms with Crippen LogP contribution in [0.15, 0.2) is 24.3 Å². The number of amides is 1. The molecule has 20 heavy (non-hydrogen) atoms. The van der Waals surface area contributed by atoms with Gasteiger partial charge in [-0.1, -0.05) is 18.2 Å². The molecule has 0 aliphatic carbocycles. The van der Waals surface area contributed by atoms with E-state index in [2.05, 4.69) is 0 Å². The lowest BCUT2D eigenvalue weighted by Gasteiger charge is -2.29. The number of nitrogens with zero attached hydrogens (tertiary/aromatic N) is 2. The maximum Gasteiger partial charge on any atom is 0.228 e. The van der Waals surface area contributed by atoms with Crippen LogP contribution in [0.25, 0.3) is 0 Å². The number of hydrogen-bond acceptors (Lipinski definition) is 3. The molecule has 1 heterocycles. The first-order valence-corrected chi connectivity index (χ1v) is 8.31. The fraction of sp³-hybridized carbons (Fsp3) is 0.500. The summed E-state index contributed by atoms with van der Waals surface area (Å²) in [5.74, 6) is -0.264. The Morgan fingerprint density at radius 3 is 2.70 bits per heavy atom. The zero-order valence-electron chi connectivity index (χ0n) is 11.9. The minimum Gasteiger partial charge on any atom is -0.312 e. The van der Waals surface area contributed by atoms with Gasteiger partial charge in [-0.15, -0.1) is 0 Å². The molecule has 1 aromatic carbocycles. The number of fused-ring (bicyclic) bond motifs is 1. The second-order valence-electron chi connectivity index (χ2n) is 5.13. The Bertz CT molecular complexity index is 596. The molecule has 1 aliphatic heterocycles. The predicted octanol–water partition coefficient (Wildman–Crippen LogP) is 1.25. The molecule has 6 heteroatoms. The summed E-state index contributed by atoms with van der Waals surface area (Å²) >= 11 is 0. The minimum atomic E-state index is -3.32. The summed E-state index contributed by atoms with van der Waals surface area (Å²) in [6.07, 6.45) is 1.91. The van der Waals surface area contributed by atoms with Gasteiger partial charge in [0.2, 0.25) is 15.9 Å². The number of carbonyl (C=O) groups is 1. The molecular formula is C14H20N2O3S. The lowest BCUT2D eigenvalue weighted by atomic mass is 10.0. The van der Waals surface area contributed by atoms with E-state index in [4.69, 9.17) is 0 Å². The molecule has 0 atom stereocenters. The van der Waals surface area contributed by atoms with Gasteiger partial charge >= 0.3 is 0 Å².